The number of hydrogen-bond donors (Lipinski definition) is 1. The van der Waals surface area contributed by atoms with E-state index >= 15 is 0 Å². The SMILES string of the molecule is CCCCC(=O)c1cc(CNC2(C)CCC2)cc(C(C)(F)F)c1CC. The Labute approximate surface area is 150 Å². The molecule has 2 nitrogen and oxygen atoms in total. The smallest absolute Gasteiger partial charge is 0.270 e. The molecule has 1 fully saturated rings. The summed E-state index contributed by atoms with van der Waals surface area (Å²) in [6.45, 7) is 7.48. The van der Waals surface area contributed by atoms with Crippen molar-refractivity contribution >= 4 is 5.78 Å². The predicted molar refractivity (Wildman–Crippen MR) is 98.3 cm³/mol. The third-order valence-corrected chi connectivity index (χ3v) is 5.37. The average Bonchev–Trinajstić information content (AvgIpc) is 2.54. The summed E-state index contributed by atoms with van der Waals surface area (Å²) < 4.78 is 28.4. The lowest BCUT2D eigenvalue weighted by Gasteiger charge is -2.39. The van der Waals surface area contributed by atoms with Crippen molar-refractivity contribution in [3.63, 3.8) is 0 Å². The summed E-state index contributed by atoms with van der Waals surface area (Å²) in [6.07, 6.45) is 6.00. The minimum Gasteiger partial charge on any atom is -0.307 e. The molecule has 1 aliphatic rings. The van der Waals surface area contributed by atoms with Crippen LogP contribution in [0.1, 0.15) is 93.3 Å². The number of unbranched alkanes of at least 4 members (excludes halogenated alkanes) is 1. The predicted octanol–water partition coefficient (Wildman–Crippen LogP) is 5.77. The fourth-order valence-corrected chi connectivity index (χ4v) is 3.53. The van der Waals surface area contributed by atoms with E-state index in [-0.39, 0.29) is 16.9 Å². The highest BCUT2D eigenvalue weighted by Gasteiger charge is 2.32. The van der Waals surface area contributed by atoms with Crippen molar-refractivity contribution in [3.8, 4) is 0 Å². The van der Waals surface area contributed by atoms with Gasteiger partial charge in [0.15, 0.2) is 5.78 Å². The summed E-state index contributed by atoms with van der Waals surface area (Å²) in [6, 6.07) is 3.42. The molecule has 1 aliphatic carbocycles. The van der Waals surface area contributed by atoms with Crippen molar-refractivity contribution in [1.29, 1.82) is 0 Å². The molecule has 0 saturated heterocycles. The Balaban J connectivity index is 2.37. The number of Topliss-reactive ketones (excluding diaryl/α,β-unsaturated/α-hetero) is 1. The molecule has 1 aromatic rings. The van der Waals surface area contributed by atoms with Crippen LogP contribution in [0, 0.1) is 0 Å². The van der Waals surface area contributed by atoms with Crippen LogP contribution in [0.2, 0.25) is 0 Å². The van der Waals surface area contributed by atoms with E-state index in [2.05, 4.69) is 12.2 Å². The second-order valence-electron chi connectivity index (χ2n) is 7.71. The van der Waals surface area contributed by atoms with Crippen LogP contribution >= 0.6 is 0 Å². The zero-order valence-electron chi connectivity index (χ0n) is 16.0. The van der Waals surface area contributed by atoms with Gasteiger partial charge in [0.05, 0.1) is 0 Å². The quantitative estimate of drug-likeness (QED) is 0.573. The molecule has 0 radical (unpaired) electrons. The molecule has 0 unspecified atom stereocenters. The number of nitrogens with one attached hydrogen (secondary N) is 1. The highest BCUT2D eigenvalue weighted by Crippen LogP contribution is 2.35. The van der Waals surface area contributed by atoms with E-state index in [9.17, 15) is 13.6 Å². The van der Waals surface area contributed by atoms with Crippen LogP contribution in [-0.4, -0.2) is 11.3 Å². The summed E-state index contributed by atoms with van der Waals surface area (Å²) >= 11 is 0. The Morgan fingerprint density at radius 1 is 1.28 bits per heavy atom. The topological polar surface area (TPSA) is 29.1 Å². The highest BCUT2D eigenvalue weighted by atomic mass is 19.3. The summed E-state index contributed by atoms with van der Waals surface area (Å²) in [5.74, 6) is -2.96. The van der Waals surface area contributed by atoms with Gasteiger partial charge in [-0.2, -0.15) is 0 Å². The monoisotopic (exact) mass is 351 g/mol. The third kappa shape index (κ3) is 4.87. The van der Waals surface area contributed by atoms with Gasteiger partial charge < -0.3 is 5.32 Å². The molecule has 0 aromatic heterocycles. The number of ketones is 1. The van der Waals surface area contributed by atoms with Crippen LogP contribution in [-0.2, 0) is 18.9 Å². The average molecular weight is 351 g/mol. The second-order valence-corrected chi connectivity index (χ2v) is 7.71. The van der Waals surface area contributed by atoms with E-state index in [1.54, 1.807) is 6.07 Å². The van der Waals surface area contributed by atoms with Crippen LogP contribution in [0.25, 0.3) is 0 Å². The first-order chi connectivity index (χ1) is 11.7. The number of halogens is 2. The van der Waals surface area contributed by atoms with Crippen molar-refractivity contribution in [3.05, 3.63) is 34.4 Å². The molecular weight excluding hydrogens is 320 g/mol. The Hall–Kier alpha value is -1.29. The van der Waals surface area contributed by atoms with Crippen molar-refractivity contribution in [2.45, 2.75) is 90.6 Å². The van der Waals surface area contributed by atoms with Gasteiger partial charge in [-0.05, 0) is 62.3 Å². The summed E-state index contributed by atoms with van der Waals surface area (Å²) in [5, 5.41) is 3.48. The van der Waals surface area contributed by atoms with Gasteiger partial charge in [0.2, 0.25) is 0 Å². The van der Waals surface area contributed by atoms with Crippen LogP contribution in [0.3, 0.4) is 0 Å². The van der Waals surface area contributed by atoms with Crippen LogP contribution in [0.15, 0.2) is 12.1 Å². The lowest BCUT2D eigenvalue weighted by Crippen LogP contribution is -2.47. The fraction of sp³-hybridized carbons (Fsp3) is 0.667. The van der Waals surface area contributed by atoms with Crippen molar-refractivity contribution in [2.75, 3.05) is 0 Å². The summed E-state index contributed by atoms with van der Waals surface area (Å²) in [4.78, 5) is 12.6. The summed E-state index contributed by atoms with van der Waals surface area (Å²) in [5.41, 5.74) is 1.89. The summed E-state index contributed by atoms with van der Waals surface area (Å²) in [7, 11) is 0. The number of alkyl halides is 2. The Morgan fingerprint density at radius 3 is 2.44 bits per heavy atom. The minimum atomic E-state index is -2.94. The molecule has 0 bridgehead atoms. The molecule has 0 heterocycles. The number of rotatable bonds is 9. The van der Waals surface area contributed by atoms with Gasteiger partial charge in [-0.15, -0.1) is 0 Å². The first-order valence-corrected chi connectivity index (χ1v) is 9.52. The van der Waals surface area contributed by atoms with Gasteiger partial charge in [0.25, 0.3) is 5.92 Å². The lowest BCUT2D eigenvalue weighted by molar-refractivity contribution is 0.0164. The molecule has 140 valence electrons. The van der Waals surface area contributed by atoms with Gasteiger partial charge in [0.1, 0.15) is 0 Å². The molecule has 1 saturated carbocycles. The normalized spacial score (nSPS) is 16.6. The van der Waals surface area contributed by atoms with Gasteiger partial charge in [0, 0.05) is 36.6 Å². The number of carbonyl (C=O) groups is 1. The Kier molecular flexibility index (Phi) is 6.36. The van der Waals surface area contributed by atoms with E-state index in [4.69, 9.17) is 0 Å². The van der Waals surface area contributed by atoms with Gasteiger partial charge in [-0.1, -0.05) is 20.3 Å². The first-order valence-electron chi connectivity index (χ1n) is 9.52. The maximum absolute atomic E-state index is 14.2. The first kappa shape index (κ1) is 20.0. The maximum atomic E-state index is 14.2. The van der Waals surface area contributed by atoms with E-state index in [1.807, 2.05) is 19.9 Å². The number of benzene rings is 1. The zero-order valence-corrected chi connectivity index (χ0v) is 16.0. The Bertz CT molecular complexity index is 615. The van der Waals surface area contributed by atoms with Crippen molar-refractivity contribution in [1.82, 2.24) is 5.32 Å². The van der Waals surface area contributed by atoms with Gasteiger partial charge in [-0.25, -0.2) is 8.78 Å². The van der Waals surface area contributed by atoms with Crippen LogP contribution in [0.4, 0.5) is 8.78 Å². The molecule has 0 spiro atoms. The molecule has 1 N–H and O–H groups in total. The molecule has 0 aliphatic heterocycles. The fourth-order valence-electron chi connectivity index (χ4n) is 3.53. The number of hydrogen-bond acceptors (Lipinski definition) is 2. The lowest BCUT2D eigenvalue weighted by atomic mass is 9.78. The molecule has 25 heavy (non-hydrogen) atoms. The van der Waals surface area contributed by atoms with E-state index in [1.165, 1.54) is 6.42 Å². The second kappa shape index (κ2) is 7.94. The molecule has 0 amide bonds. The maximum Gasteiger partial charge on any atom is 0.270 e. The van der Waals surface area contributed by atoms with E-state index in [0.29, 0.717) is 30.5 Å². The molecular formula is C21H31F2NO. The van der Waals surface area contributed by atoms with Gasteiger partial charge in [-0.3, -0.25) is 4.79 Å². The Morgan fingerprint density at radius 2 is 1.96 bits per heavy atom. The van der Waals surface area contributed by atoms with Crippen LogP contribution < -0.4 is 5.32 Å². The highest BCUT2D eigenvalue weighted by molar-refractivity contribution is 5.98. The van der Waals surface area contributed by atoms with E-state index < -0.39 is 5.92 Å². The molecule has 1 aromatic carbocycles. The zero-order chi connectivity index (χ0) is 18.7. The molecule has 0 atom stereocenters. The standard InChI is InChI=1S/C21H31F2NO/c1-5-7-9-19(25)17-12-15(14-24-20(3)10-8-11-20)13-18(16(17)6-2)21(4,22)23/h12-13,24H,5-11,14H2,1-4H3. The number of carbonyl (C=O) groups excluding carboxylic acids is 1. The van der Waals surface area contributed by atoms with E-state index in [0.717, 1.165) is 38.2 Å². The minimum absolute atomic E-state index is 0.00732. The molecule has 4 heteroatoms. The molecule has 2 rings (SSSR count). The third-order valence-electron chi connectivity index (χ3n) is 5.37. The van der Waals surface area contributed by atoms with Gasteiger partial charge >= 0.3 is 0 Å². The largest absolute Gasteiger partial charge is 0.307 e. The van der Waals surface area contributed by atoms with Crippen LogP contribution in [0.5, 0.6) is 0 Å². The van der Waals surface area contributed by atoms with Crippen molar-refractivity contribution in [2.24, 2.45) is 0 Å². The van der Waals surface area contributed by atoms with Crippen molar-refractivity contribution < 1.29 is 13.6 Å².